The molecule has 2 aromatic carbocycles. The third kappa shape index (κ3) is 4.47. The van der Waals surface area contributed by atoms with Crippen molar-refractivity contribution in [3.05, 3.63) is 76.8 Å². The standard InChI is InChI=1S/C19H19ClO2/c1-2-7-16-12-18(20)13-17(14-21)19(16)22-11-6-10-15-8-4-3-5-9-15/h2-5,8-9,12-14H,1,6-7,10-11H2. The molecule has 0 radical (unpaired) electrons. The molecule has 3 heteroatoms. The molecule has 114 valence electrons. The summed E-state index contributed by atoms with van der Waals surface area (Å²) >= 11 is 6.03. The van der Waals surface area contributed by atoms with Crippen LogP contribution in [0.2, 0.25) is 5.02 Å². The van der Waals surface area contributed by atoms with Crippen LogP contribution in [0.25, 0.3) is 0 Å². The molecule has 0 aliphatic carbocycles. The van der Waals surface area contributed by atoms with Gasteiger partial charge in [-0.25, -0.2) is 0 Å². The fraction of sp³-hybridized carbons (Fsp3) is 0.211. The van der Waals surface area contributed by atoms with Crippen molar-refractivity contribution >= 4 is 17.9 Å². The summed E-state index contributed by atoms with van der Waals surface area (Å²) in [6.45, 7) is 4.29. The quantitative estimate of drug-likeness (QED) is 0.394. The zero-order valence-corrected chi connectivity index (χ0v) is 13.2. The van der Waals surface area contributed by atoms with Crippen LogP contribution in [0.15, 0.2) is 55.1 Å². The number of halogens is 1. The predicted octanol–water partition coefficient (Wildman–Crippen LogP) is 4.89. The second-order valence-electron chi connectivity index (χ2n) is 5.03. The summed E-state index contributed by atoms with van der Waals surface area (Å²) in [5, 5.41) is 0.538. The molecule has 0 saturated heterocycles. The first-order valence-corrected chi connectivity index (χ1v) is 7.67. The van der Waals surface area contributed by atoms with Gasteiger partial charge in [-0.1, -0.05) is 48.0 Å². The first-order valence-electron chi connectivity index (χ1n) is 7.30. The SMILES string of the molecule is C=CCc1cc(Cl)cc(C=O)c1OCCCc1ccccc1. The smallest absolute Gasteiger partial charge is 0.153 e. The average molecular weight is 315 g/mol. The molecule has 0 aromatic heterocycles. The van der Waals surface area contributed by atoms with Crippen LogP contribution in [0, 0.1) is 0 Å². The number of allylic oxidation sites excluding steroid dienone is 1. The Morgan fingerprint density at radius 3 is 2.64 bits per heavy atom. The number of rotatable bonds is 8. The maximum atomic E-state index is 11.2. The first kappa shape index (κ1) is 16.3. The molecule has 0 N–H and O–H groups in total. The maximum Gasteiger partial charge on any atom is 0.153 e. The molecule has 2 rings (SSSR count). The van der Waals surface area contributed by atoms with E-state index in [0.717, 1.165) is 24.7 Å². The van der Waals surface area contributed by atoms with Crippen molar-refractivity contribution in [1.82, 2.24) is 0 Å². The van der Waals surface area contributed by atoms with Gasteiger partial charge in [0.15, 0.2) is 6.29 Å². The maximum absolute atomic E-state index is 11.2. The van der Waals surface area contributed by atoms with E-state index in [2.05, 4.69) is 18.7 Å². The summed E-state index contributed by atoms with van der Waals surface area (Å²) in [6, 6.07) is 13.7. The van der Waals surface area contributed by atoms with E-state index >= 15 is 0 Å². The molecule has 0 heterocycles. The number of carbonyl (C=O) groups is 1. The van der Waals surface area contributed by atoms with Gasteiger partial charge in [0.05, 0.1) is 12.2 Å². The molecular weight excluding hydrogens is 296 g/mol. The Labute approximate surface area is 136 Å². The van der Waals surface area contributed by atoms with Crippen LogP contribution in [0.1, 0.15) is 27.9 Å². The Balaban J connectivity index is 2.02. The summed E-state index contributed by atoms with van der Waals surface area (Å²) in [6.07, 6.45) is 5.01. The van der Waals surface area contributed by atoms with E-state index in [1.807, 2.05) is 24.3 Å². The van der Waals surface area contributed by atoms with Gasteiger partial charge >= 0.3 is 0 Å². The second kappa shape index (κ2) is 8.40. The highest BCUT2D eigenvalue weighted by Gasteiger charge is 2.11. The lowest BCUT2D eigenvalue weighted by Crippen LogP contribution is -2.04. The Morgan fingerprint density at radius 1 is 1.18 bits per heavy atom. The molecule has 0 saturated carbocycles. The van der Waals surface area contributed by atoms with Gasteiger partial charge in [0.25, 0.3) is 0 Å². The molecule has 0 aliphatic rings. The molecule has 0 bridgehead atoms. The van der Waals surface area contributed by atoms with E-state index in [0.29, 0.717) is 29.4 Å². The number of hydrogen-bond acceptors (Lipinski definition) is 2. The topological polar surface area (TPSA) is 26.3 Å². The zero-order valence-electron chi connectivity index (χ0n) is 12.4. The molecule has 0 atom stereocenters. The second-order valence-corrected chi connectivity index (χ2v) is 5.47. The van der Waals surface area contributed by atoms with Crippen molar-refractivity contribution in [1.29, 1.82) is 0 Å². The lowest BCUT2D eigenvalue weighted by atomic mass is 10.1. The van der Waals surface area contributed by atoms with E-state index < -0.39 is 0 Å². The molecule has 0 spiro atoms. The van der Waals surface area contributed by atoms with Crippen molar-refractivity contribution in [2.24, 2.45) is 0 Å². The highest BCUT2D eigenvalue weighted by atomic mass is 35.5. The van der Waals surface area contributed by atoms with E-state index in [9.17, 15) is 4.79 Å². The Morgan fingerprint density at radius 2 is 1.95 bits per heavy atom. The fourth-order valence-corrected chi connectivity index (χ4v) is 2.59. The molecule has 0 unspecified atom stereocenters. The number of aldehydes is 1. The molecular formula is C19H19ClO2. The van der Waals surface area contributed by atoms with E-state index in [-0.39, 0.29) is 0 Å². The van der Waals surface area contributed by atoms with Gasteiger partial charge in [-0.05, 0) is 37.0 Å². The summed E-state index contributed by atoms with van der Waals surface area (Å²) in [4.78, 5) is 11.2. The Kier molecular flexibility index (Phi) is 6.23. The Hall–Kier alpha value is -2.06. The van der Waals surface area contributed by atoms with Crippen molar-refractivity contribution in [2.45, 2.75) is 19.3 Å². The van der Waals surface area contributed by atoms with Crippen LogP contribution < -0.4 is 4.74 Å². The lowest BCUT2D eigenvalue weighted by Gasteiger charge is -2.13. The molecule has 0 aliphatic heterocycles. The van der Waals surface area contributed by atoms with E-state index in [1.165, 1.54) is 5.56 Å². The number of hydrogen-bond donors (Lipinski definition) is 0. The van der Waals surface area contributed by atoms with Crippen molar-refractivity contribution in [3.63, 3.8) is 0 Å². The minimum Gasteiger partial charge on any atom is -0.493 e. The highest BCUT2D eigenvalue weighted by Crippen LogP contribution is 2.28. The average Bonchev–Trinajstić information content (AvgIpc) is 2.54. The summed E-state index contributed by atoms with van der Waals surface area (Å²) < 4.78 is 5.85. The van der Waals surface area contributed by atoms with E-state index in [1.54, 1.807) is 12.1 Å². The molecule has 2 aromatic rings. The van der Waals surface area contributed by atoms with Crippen molar-refractivity contribution in [3.8, 4) is 5.75 Å². The van der Waals surface area contributed by atoms with Gasteiger partial charge in [-0.3, -0.25) is 4.79 Å². The third-order valence-corrected chi connectivity index (χ3v) is 3.57. The van der Waals surface area contributed by atoms with Gasteiger partial charge in [-0.15, -0.1) is 6.58 Å². The monoisotopic (exact) mass is 314 g/mol. The van der Waals surface area contributed by atoms with Gasteiger partial charge < -0.3 is 4.74 Å². The molecule has 22 heavy (non-hydrogen) atoms. The third-order valence-electron chi connectivity index (χ3n) is 3.35. The number of ether oxygens (including phenoxy) is 1. The van der Waals surface area contributed by atoms with Crippen LogP contribution in [0.5, 0.6) is 5.75 Å². The predicted molar refractivity (Wildman–Crippen MR) is 91.0 cm³/mol. The highest BCUT2D eigenvalue weighted by molar-refractivity contribution is 6.31. The minimum absolute atomic E-state index is 0.490. The Bertz CT molecular complexity index is 635. The van der Waals surface area contributed by atoms with Crippen molar-refractivity contribution in [2.75, 3.05) is 6.61 Å². The molecule has 2 nitrogen and oxygen atoms in total. The summed E-state index contributed by atoms with van der Waals surface area (Å²) in [5.41, 5.74) is 2.66. The van der Waals surface area contributed by atoms with Crippen LogP contribution in [0.3, 0.4) is 0 Å². The van der Waals surface area contributed by atoms with Gasteiger partial charge in [0.2, 0.25) is 0 Å². The van der Waals surface area contributed by atoms with Crippen LogP contribution in [-0.2, 0) is 12.8 Å². The number of benzene rings is 2. The van der Waals surface area contributed by atoms with Gasteiger partial charge in [0.1, 0.15) is 5.75 Å². The summed E-state index contributed by atoms with van der Waals surface area (Å²) in [7, 11) is 0. The molecule has 0 amide bonds. The number of aryl methyl sites for hydroxylation is 1. The fourth-order valence-electron chi connectivity index (χ4n) is 2.34. The van der Waals surface area contributed by atoms with Crippen molar-refractivity contribution < 1.29 is 9.53 Å². The largest absolute Gasteiger partial charge is 0.493 e. The van der Waals surface area contributed by atoms with Crippen LogP contribution >= 0.6 is 11.6 Å². The van der Waals surface area contributed by atoms with Crippen LogP contribution in [0.4, 0.5) is 0 Å². The van der Waals surface area contributed by atoms with Crippen LogP contribution in [-0.4, -0.2) is 12.9 Å². The lowest BCUT2D eigenvalue weighted by molar-refractivity contribution is 0.111. The van der Waals surface area contributed by atoms with Gasteiger partial charge in [0, 0.05) is 10.6 Å². The van der Waals surface area contributed by atoms with E-state index in [4.69, 9.17) is 16.3 Å². The first-order chi connectivity index (χ1) is 10.7. The van der Waals surface area contributed by atoms with Gasteiger partial charge in [-0.2, -0.15) is 0 Å². The zero-order chi connectivity index (χ0) is 15.8. The molecule has 0 fully saturated rings. The normalized spacial score (nSPS) is 10.2. The minimum atomic E-state index is 0.490. The number of carbonyl (C=O) groups excluding carboxylic acids is 1. The summed E-state index contributed by atoms with van der Waals surface area (Å²) in [5.74, 6) is 0.618.